The summed E-state index contributed by atoms with van der Waals surface area (Å²) in [5, 5.41) is 5.52. The van der Waals surface area contributed by atoms with E-state index in [0.29, 0.717) is 35.6 Å². The van der Waals surface area contributed by atoms with E-state index in [1.54, 1.807) is 35.9 Å². The van der Waals surface area contributed by atoms with Gasteiger partial charge in [-0.05, 0) is 37.6 Å². The molecule has 0 unspecified atom stereocenters. The summed E-state index contributed by atoms with van der Waals surface area (Å²) < 4.78 is 12.7. The molecule has 2 aliphatic heterocycles. The van der Waals surface area contributed by atoms with Gasteiger partial charge in [0, 0.05) is 36.1 Å². The minimum absolute atomic E-state index is 0.162. The lowest BCUT2D eigenvalue weighted by Crippen LogP contribution is -2.39. The Morgan fingerprint density at radius 2 is 2.00 bits per heavy atom. The van der Waals surface area contributed by atoms with Gasteiger partial charge >= 0.3 is 0 Å². The minimum Gasteiger partial charge on any atom is -0.378 e. The van der Waals surface area contributed by atoms with Crippen LogP contribution in [0.2, 0.25) is 10.0 Å². The quantitative estimate of drug-likeness (QED) is 0.225. The van der Waals surface area contributed by atoms with Crippen molar-refractivity contribution in [2.75, 3.05) is 42.3 Å². The lowest BCUT2D eigenvalue weighted by Gasteiger charge is -2.36. The van der Waals surface area contributed by atoms with Gasteiger partial charge in [0.25, 0.3) is 0 Å². The number of hydrogen-bond acceptors (Lipinski definition) is 9. The first-order valence-electron chi connectivity index (χ1n) is 12.2. The van der Waals surface area contributed by atoms with Crippen LogP contribution >= 0.6 is 46.3 Å². The fourth-order valence-electron chi connectivity index (χ4n) is 4.81. The van der Waals surface area contributed by atoms with Gasteiger partial charge in [0.05, 0.1) is 51.4 Å². The Kier molecular flexibility index (Phi) is 7.13. The number of rotatable bonds is 5. The van der Waals surface area contributed by atoms with E-state index in [4.69, 9.17) is 37.7 Å². The molecule has 6 rings (SSSR count). The summed E-state index contributed by atoms with van der Waals surface area (Å²) in [4.78, 5) is 30.3. The molecule has 1 saturated heterocycles. The molecule has 8 nitrogen and oxygen atoms in total. The molecule has 5 heterocycles. The van der Waals surface area contributed by atoms with Crippen LogP contribution in [0.15, 0.2) is 29.6 Å². The molecular weight excluding hydrogens is 565 g/mol. The fraction of sp³-hybridized carbons (Fsp3) is 0.385. The number of morpholine rings is 1. The van der Waals surface area contributed by atoms with E-state index in [-0.39, 0.29) is 17.3 Å². The van der Waals surface area contributed by atoms with Crippen LogP contribution in [0.5, 0.6) is 0 Å². The number of amides is 1. The van der Waals surface area contributed by atoms with E-state index in [0.717, 1.165) is 56.4 Å². The number of nitrogens with one attached hydrogen (secondary N) is 1. The van der Waals surface area contributed by atoms with Crippen molar-refractivity contribution in [3.8, 4) is 0 Å². The first-order valence-corrected chi connectivity index (χ1v) is 14.8. The van der Waals surface area contributed by atoms with E-state index in [9.17, 15) is 4.79 Å². The summed E-state index contributed by atoms with van der Waals surface area (Å²) in [5.74, 6) is 0.998. The van der Waals surface area contributed by atoms with Crippen molar-refractivity contribution in [3.63, 3.8) is 0 Å². The van der Waals surface area contributed by atoms with Gasteiger partial charge in [-0.25, -0.2) is 15.0 Å². The van der Waals surface area contributed by atoms with Crippen molar-refractivity contribution in [3.05, 3.63) is 45.7 Å². The molecule has 0 atom stereocenters. The van der Waals surface area contributed by atoms with Gasteiger partial charge in [-0.15, -0.1) is 11.3 Å². The first-order chi connectivity index (χ1) is 18.3. The number of hydrogen-bond donors (Lipinski definition) is 1. The van der Waals surface area contributed by atoms with Gasteiger partial charge in [0.15, 0.2) is 0 Å². The molecule has 2 aliphatic rings. The second-order valence-electron chi connectivity index (χ2n) is 9.82. The normalized spacial score (nSPS) is 17.1. The zero-order chi connectivity index (χ0) is 26.4. The molecule has 1 fully saturated rings. The molecule has 0 spiro atoms. The van der Waals surface area contributed by atoms with E-state index in [1.165, 1.54) is 17.3 Å². The molecule has 0 bridgehead atoms. The highest BCUT2D eigenvalue weighted by atomic mass is 35.5. The third kappa shape index (κ3) is 5.05. The van der Waals surface area contributed by atoms with Gasteiger partial charge in [-0.3, -0.25) is 4.79 Å². The molecule has 0 aliphatic carbocycles. The van der Waals surface area contributed by atoms with Gasteiger partial charge < -0.3 is 19.7 Å². The van der Waals surface area contributed by atoms with Crippen LogP contribution in [0, 0.1) is 0 Å². The van der Waals surface area contributed by atoms with Crippen LogP contribution in [0.25, 0.3) is 20.4 Å². The number of fused-ring (bicyclic) bond motifs is 5. The Balaban J connectivity index is 1.35. The third-order valence-electron chi connectivity index (χ3n) is 6.63. The molecule has 0 saturated carbocycles. The minimum atomic E-state index is -0.287. The molecule has 1 aromatic carbocycles. The van der Waals surface area contributed by atoms with E-state index in [2.05, 4.69) is 34.0 Å². The standard InChI is InChI=1S/C26H25Cl2N5O3S2/c1-26(2)10-15-16(11-36-26)23(33-5-7-35-8-6-33)32-24-20(15)21-22(38-24)25(30-13-29-21)37-12-19(34)31-14-3-4-17(27)18(28)9-14/h3-4,9,13H,5-8,10-12H2,1-2H3,(H,31,34). The number of ether oxygens (including phenoxy) is 2. The molecule has 3 aromatic heterocycles. The molecule has 1 N–H and O–H groups in total. The number of halogens is 2. The zero-order valence-corrected chi connectivity index (χ0v) is 24.0. The molecule has 4 aromatic rings. The van der Waals surface area contributed by atoms with Gasteiger partial charge in [-0.1, -0.05) is 35.0 Å². The fourth-order valence-corrected chi connectivity index (χ4v) is 7.14. The Morgan fingerprint density at radius 1 is 1.18 bits per heavy atom. The number of benzene rings is 1. The number of anilines is 2. The number of nitrogens with zero attached hydrogens (tertiary/aromatic N) is 4. The van der Waals surface area contributed by atoms with Crippen molar-refractivity contribution < 1.29 is 14.3 Å². The molecule has 198 valence electrons. The molecule has 1 amide bonds. The summed E-state index contributed by atoms with van der Waals surface area (Å²) in [5.41, 5.74) is 3.56. The van der Waals surface area contributed by atoms with Crippen molar-refractivity contribution in [2.24, 2.45) is 0 Å². The summed E-state index contributed by atoms with van der Waals surface area (Å²) in [7, 11) is 0. The first kappa shape index (κ1) is 26.0. The zero-order valence-electron chi connectivity index (χ0n) is 20.8. The van der Waals surface area contributed by atoms with Crippen LogP contribution in [0.1, 0.15) is 25.0 Å². The largest absolute Gasteiger partial charge is 0.378 e. The average molecular weight is 591 g/mol. The van der Waals surface area contributed by atoms with E-state index < -0.39 is 0 Å². The molecule has 38 heavy (non-hydrogen) atoms. The number of carbonyl (C=O) groups is 1. The Hall–Kier alpha value is -2.21. The predicted molar refractivity (Wildman–Crippen MR) is 154 cm³/mol. The second-order valence-corrected chi connectivity index (χ2v) is 12.6. The van der Waals surface area contributed by atoms with Gasteiger partial charge in [0.2, 0.25) is 5.91 Å². The number of pyridine rings is 1. The van der Waals surface area contributed by atoms with E-state index >= 15 is 0 Å². The van der Waals surface area contributed by atoms with Gasteiger partial charge in [-0.2, -0.15) is 0 Å². The summed E-state index contributed by atoms with van der Waals surface area (Å²) >= 11 is 15.0. The lowest BCUT2D eigenvalue weighted by atomic mass is 9.90. The van der Waals surface area contributed by atoms with Crippen LogP contribution < -0.4 is 10.2 Å². The van der Waals surface area contributed by atoms with Crippen molar-refractivity contribution in [1.82, 2.24) is 15.0 Å². The van der Waals surface area contributed by atoms with Crippen LogP contribution in [-0.4, -0.2) is 58.5 Å². The predicted octanol–water partition coefficient (Wildman–Crippen LogP) is 5.97. The number of aromatic nitrogens is 3. The van der Waals surface area contributed by atoms with Crippen LogP contribution in [-0.2, 0) is 27.3 Å². The number of thioether (sulfide) groups is 1. The van der Waals surface area contributed by atoms with Crippen molar-refractivity contribution in [2.45, 2.75) is 37.5 Å². The van der Waals surface area contributed by atoms with Gasteiger partial charge in [0.1, 0.15) is 22.0 Å². The second kappa shape index (κ2) is 10.4. The summed E-state index contributed by atoms with van der Waals surface area (Å²) in [6, 6.07) is 5.01. The van der Waals surface area contributed by atoms with Crippen LogP contribution in [0.3, 0.4) is 0 Å². The van der Waals surface area contributed by atoms with E-state index in [1.807, 2.05) is 0 Å². The highest BCUT2D eigenvalue weighted by molar-refractivity contribution is 8.00. The SMILES string of the molecule is CC1(C)Cc2c(c(N3CCOCC3)nc3sc4c(SCC(=O)Nc5ccc(Cl)c(Cl)c5)ncnc4c23)CO1. The third-order valence-corrected chi connectivity index (χ3v) is 9.56. The highest BCUT2D eigenvalue weighted by Crippen LogP contribution is 2.44. The maximum atomic E-state index is 12.7. The molecular formula is C26H25Cl2N5O3S2. The summed E-state index contributed by atoms with van der Waals surface area (Å²) in [6.07, 6.45) is 2.34. The monoisotopic (exact) mass is 589 g/mol. The van der Waals surface area contributed by atoms with Crippen molar-refractivity contribution >= 4 is 84.1 Å². The Morgan fingerprint density at radius 3 is 2.79 bits per heavy atom. The smallest absolute Gasteiger partial charge is 0.234 e. The van der Waals surface area contributed by atoms with Crippen molar-refractivity contribution in [1.29, 1.82) is 0 Å². The average Bonchev–Trinajstić information content (AvgIpc) is 3.28. The van der Waals surface area contributed by atoms with Crippen LogP contribution in [0.4, 0.5) is 11.5 Å². The number of carbonyl (C=O) groups excluding carboxylic acids is 1. The molecule has 12 heteroatoms. The maximum absolute atomic E-state index is 12.7. The highest BCUT2D eigenvalue weighted by Gasteiger charge is 2.33. The maximum Gasteiger partial charge on any atom is 0.234 e. The Bertz CT molecular complexity index is 1560. The summed E-state index contributed by atoms with van der Waals surface area (Å²) in [6.45, 7) is 7.72. The lowest BCUT2D eigenvalue weighted by molar-refractivity contribution is -0.113. The topological polar surface area (TPSA) is 89.5 Å². The Labute approximate surface area is 238 Å². The number of thiophene rings is 1. The molecule has 0 radical (unpaired) electrons.